The molecule has 4 heteroatoms. The van der Waals surface area contributed by atoms with Gasteiger partial charge in [0.05, 0.1) is 0 Å². The lowest BCUT2D eigenvalue weighted by atomic mass is 9.77. The largest absolute Gasteiger partial charge is 0.484 e. The Kier molecular flexibility index (Phi) is 4.05. The van der Waals surface area contributed by atoms with Gasteiger partial charge in [-0.15, -0.1) is 0 Å². The number of rotatable bonds is 5. The standard InChI is InChI=1S/C13H17BrFNO/c1-16-8-7-13(5-2-6-13)17-12-9-10(14)3-4-11(12)15/h3-4,9,16H,2,5-8H2,1H3. The normalized spacial score (nSPS) is 17.6. The van der Waals surface area contributed by atoms with Gasteiger partial charge >= 0.3 is 0 Å². The molecule has 1 aromatic rings. The fourth-order valence-electron chi connectivity index (χ4n) is 2.12. The summed E-state index contributed by atoms with van der Waals surface area (Å²) in [5.74, 6) is 0.0686. The molecule has 94 valence electrons. The fraction of sp³-hybridized carbons (Fsp3) is 0.538. The van der Waals surface area contributed by atoms with Crippen molar-refractivity contribution < 1.29 is 9.13 Å². The van der Waals surface area contributed by atoms with Crippen molar-refractivity contribution in [2.24, 2.45) is 0 Å². The quantitative estimate of drug-likeness (QED) is 0.899. The lowest BCUT2D eigenvalue weighted by molar-refractivity contribution is -0.0168. The smallest absolute Gasteiger partial charge is 0.165 e. The zero-order chi connectivity index (χ0) is 12.3. The zero-order valence-electron chi connectivity index (χ0n) is 9.93. The van der Waals surface area contributed by atoms with Gasteiger partial charge in [0.15, 0.2) is 11.6 Å². The van der Waals surface area contributed by atoms with Gasteiger partial charge < -0.3 is 10.1 Å². The van der Waals surface area contributed by atoms with Crippen LogP contribution in [0.1, 0.15) is 25.7 Å². The first-order valence-corrected chi connectivity index (χ1v) is 6.73. The summed E-state index contributed by atoms with van der Waals surface area (Å²) < 4.78 is 20.4. The van der Waals surface area contributed by atoms with Gasteiger partial charge in [-0.2, -0.15) is 0 Å². The van der Waals surface area contributed by atoms with Crippen molar-refractivity contribution in [3.8, 4) is 5.75 Å². The lowest BCUT2D eigenvalue weighted by Crippen LogP contribution is -2.45. The van der Waals surface area contributed by atoms with Crippen LogP contribution in [0.3, 0.4) is 0 Å². The molecule has 1 fully saturated rings. The van der Waals surface area contributed by atoms with E-state index in [4.69, 9.17) is 4.74 Å². The summed E-state index contributed by atoms with van der Waals surface area (Å²) >= 11 is 3.34. The topological polar surface area (TPSA) is 21.3 Å². The third kappa shape index (κ3) is 2.99. The molecule has 0 unspecified atom stereocenters. The third-order valence-electron chi connectivity index (χ3n) is 3.32. The molecule has 0 radical (unpaired) electrons. The van der Waals surface area contributed by atoms with E-state index in [1.807, 2.05) is 7.05 Å². The fourth-order valence-corrected chi connectivity index (χ4v) is 2.46. The minimum Gasteiger partial charge on any atom is -0.484 e. The molecular weight excluding hydrogens is 285 g/mol. The molecule has 0 spiro atoms. The highest BCUT2D eigenvalue weighted by Crippen LogP contribution is 2.40. The highest BCUT2D eigenvalue weighted by atomic mass is 79.9. The van der Waals surface area contributed by atoms with Gasteiger partial charge in [0.25, 0.3) is 0 Å². The number of halogens is 2. The summed E-state index contributed by atoms with van der Waals surface area (Å²) in [7, 11) is 1.92. The second-order valence-electron chi connectivity index (χ2n) is 4.57. The molecule has 0 heterocycles. The SMILES string of the molecule is CNCCC1(Oc2cc(Br)ccc2F)CCC1. The molecule has 1 aliphatic carbocycles. The summed E-state index contributed by atoms with van der Waals surface area (Å²) in [6, 6.07) is 4.82. The maximum absolute atomic E-state index is 13.6. The van der Waals surface area contributed by atoms with Crippen LogP contribution in [0.5, 0.6) is 5.75 Å². The van der Waals surface area contributed by atoms with E-state index in [2.05, 4.69) is 21.2 Å². The van der Waals surface area contributed by atoms with E-state index in [0.717, 1.165) is 30.3 Å². The molecule has 1 saturated carbocycles. The minimum absolute atomic E-state index is 0.162. The summed E-state index contributed by atoms with van der Waals surface area (Å²) in [5.41, 5.74) is -0.162. The molecule has 0 saturated heterocycles. The average Bonchev–Trinajstić information content (AvgIpc) is 2.26. The van der Waals surface area contributed by atoms with Crippen molar-refractivity contribution in [3.63, 3.8) is 0 Å². The van der Waals surface area contributed by atoms with Gasteiger partial charge in [-0.1, -0.05) is 15.9 Å². The van der Waals surface area contributed by atoms with Crippen molar-refractivity contribution in [3.05, 3.63) is 28.5 Å². The van der Waals surface area contributed by atoms with E-state index in [1.54, 1.807) is 12.1 Å². The predicted molar refractivity (Wildman–Crippen MR) is 69.9 cm³/mol. The molecule has 0 amide bonds. The van der Waals surface area contributed by atoms with E-state index in [0.29, 0.717) is 5.75 Å². The van der Waals surface area contributed by atoms with E-state index in [-0.39, 0.29) is 11.4 Å². The Morgan fingerprint density at radius 3 is 2.82 bits per heavy atom. The van der Waals surface area contributed by atoms with Crippen molar-refractivity contribution in [2.45, 2.75) is 31.3 Å². The Morgan fingerprint density at radius 1 is 1.47 bits per heavy atom. The van der Waals surface area contributed by atoms with Crippen LogP contribution in [-0.2, 0) is 0 Å². The highest BCUT2D eigenvalue weighted by molar-refractivity contribution is 9.10. The van der Waals surface area contributed by atoms with E-state index in [1.165, 1.54) is 12.5 Å². The summed E-state index contributed by atoms with van der Waals surface area (Å²) in [6.07, 6.45) is 4.12. The van der Waals surface area contributed by atoms with E-state index in [9.17, 15) is 4.39 Å². The summed E-state index contributed by atoms with van der Waals surface area (Å²) in [5, 5.41) is 3.12. The van der Waals surface area contributed by atoms with Crippen LogP contribution in [0, 0.1) is 5.82 Å². The van der Waals surface area contributed by atoms with Gasteiger partial charge in [0.2, 0.25) is 0 Å². The maximum atomic E-state index is 13.6. The van der Waals surface area contributed by atoms with Gasteiger partial charge in [0.1, 0.15) is 5.60 Å². The van der Waals surface area contributed by atoms with Gasteiger partial charge in [-0.3, -0.25) is 0 Å². The summed E-state index contributed by atoms with van der Waals surface area (Å²) in [4.78, 5) is 0. The molecule has 1 N–H and O–H groups in total. The minimum atomic E-state index is -0.288. The number of nitrogens with one attached hydrogen (secondary N) is 1. The molecule has 0 bridgehead atoms. The monoisotopic (exact) mass is 301 g/mol. The molecule has 2 nitrogen and oxygen atoms in total. The Balaban J connectivity index is 2.09. The number of ether oxygens (including phenoxy) is 1. The highest BCUT2D eigenvalue weighted by Gasteiger charge is 2.39. The Bertz CT molecular complexity index is 393. The van der Waals surface area contributed by atoms with Crippen LogP contribution in [0.4, 0.5) is 4.39 Å². The first-order chi connectivity index (χ1) is 8.15. The average molecular weight is 302 g/mol. The number of hydrogen-bond donors (Lipinski definition) is 1. The van der Waals surface area contributed by atoms with Crippen LogP contribution in [-0.4, -0.2) is 19.2 Å². The van der Waals surface area contributed by atoms with Crippen LogP contribution >= 0.6 is 15.9 Å². The van der Waals surface area contributed by atoms with Crippen LogP contribution in [0.15, 0.2) is 22.7 Å². The third-order valence-corrected chi connectivity index (χ3v) is 3.81. The Labute approximate surface area is 110 Å². The van der Waals surface area contributed by atoms with E-state index < -0.39 is 0 Å². The van der Waals surface area contributed by atoms with Gasteiger partial charge in [0, 0.05) is 4.47 Å². The molecule has 0 aliphatic heterocycles. The Morgan fingerprint density at radius 2 is 2.24 bits per heavy atom. The second kappa shape index (κ2) is 5.36. The first kappa shape index (κ1) is 12.8. The van der Waals surface area contributed by atoms with Crippen molar-refractivity contribution in [1.29, 1.82) is 0 Å². The molecule has 17 heavy (non-hydrogen) atoms. The van der Waals surface area contributed by atoms with Crippen molar-refractivity contribution >= 4 is 15.9 Å². The van der Waals surface area contributed by atoms with Crippen molar-refractivity contribution in [2.75, 3.05) is 13.6 Å². The first-order valence-electron chi connectivity index (χ1n) is 5.94. The lowest BCUT2D eigenvalue weighted by Gasteiger charge is -2.42. The second-order valence-corrected chi connectivity index (χ2v) is 5.48. The van der Waals surface area contributed by atoms with Crippen LogP contribution in [0.25, 0.3) is 0 Å². The van der Waals surface area contributed by atoms with Crippen LogP contribution in [0.2, 0.25) is 0 Å². The molecule has 1 aromatic carbocycles. The molecule has 2 rings (SSSR count). The van der Waals surface area contributed by atoms with Gasteiger partial charge in [-0.25, -0.2) is 4.39 Å². The molecule has 1 aliphatic rings. The van der Waals surface area contributed by atoms with Crippen molar-refractivity contribution in [1.82, 2.24) is 5.32 Å². The Hall–Kier alpha value is -0.610. The maximum Gasteiger partial charge on any atom is 0.165 e. The van der Waals surface area contributed by atoms with Crippen LogP contribution < -0.4 is 10.1 Å². The predicted octanol–water partition coefficient (Wildman–Crippen LogP) is 3.50. The molecular formula is C13H17BrFNO. The van der Waals surface area contributed by atoms with Gasteiger partial charge in [-0.05, 0) is 57.5 Å². The summed E-state index contributed by atoms with van der Waals surface area (Å²) in [6.45, 7) is 0.898. The zero-order valence-corrected chi connectivity index (χ0v) is 11.5. The number of benzene rings is 1. The van der Waals surface area contributed by atoms with E-state index >= 15 is 0 Å². The molecule has 0 aromatic heterocycles. The number of hydrogen-bond acceptors (Lipinski definition) is 2. The molecule has 0 atom stereocenters.